The zero-order valence-corrected chi connectivity index (χ0v) is 10.9. The lowest BCUT2D eigenvalue weighted by molar-refractivity contribution is -0.143. The van der Waals surface area contributed by atoms with Crippen molar-refractivity contribution in [1.82, 2.24) is 4.90 Å². The molecule has 1 aliphatic heterocycles. The molecule has 1 atom stereocenters. The molecule has 0 aromatic carbocycles. The first-order valence-electron chi connectivity index (χ1n) is 6.33. The van der Waals surface area contributed by atoms with Gasteiger partial charge in [0.05, 0.1) is 6.10 Å². The first-order valence-corrected chi connectivity index (χ1v) is 6.33. The van der Waals surface area contributed by atoms with Gasteiger partial charge in [0.15, 0.2) is 5.84 Å². The number of carbonyl (C=O) groups is 1. The molecule has 1 aliphatic carbocycles. The molecule has 0 aromatic rings. The van der Waals surface area contributed by atoms with E-state index >= 15 is 0 Å². The summed E-state index contributed by atoms with van der Waals surface area (Å²) in [4.78, 5) is 14.3. The van der Waals surface area contributed by atoms with E-state index in [0.717, 1.165) is 6.42 Å². The van der Waals surface area contributed by atoms with Crippen molar-refractivity contribution < 1.29 is 14.7 Å². The highest BCUT2D eigenvalue weighted by atomic mass is 16.5. The summed E-state index contributed by atoms with van der Waals surface area (Å²) in [7, 11) is 1.66. The Labute approximate surface area is 107 Å². The number of amides is 1. The van der Waals surface area contributed by atoms with Gasteiger partial charge in [-0.05, 0) is 25.2 Å². The van der Waals surface area contributed by atoms with Gasteiger partial charge in [0.1, 0.15) is 5.41 Å². The predicted molar refractivity (Wildman–Crippen MR) is 66.2 cm³/mol. The monoisotopic (exact) mass is 255 g/mol. The predicted octanol–water partition coefficient (Wildman–Crippen LogP) is 0.396. The third-order valence-electron chi connectivity index (χ3n) is 4.17. The van der Waals surface area contributed by atoms with E-state index in [1.165, 1.54) is 0 Å². The molecular formula is C12H21N3O3. The quantitative estimate of drug-likeness (QED) is 0.330. The summed E-state index contributed by atoms with van der Waals surface area (Å²) in [6.45, 7) is 3.36. The van der Waals surface area contributed by atoms with E-state index in [9.17, 15) is 4.79 Å². The summed E-state index contributed by atoms with van der Waals surface area (Å²) >= 11 is 0. The van der Waals surface area contributed by atoms with Crippen LogP contribution >= 0.6 is 0 Å². The topological polar surface area (TPSA) is 88.2 Å². The van der Waals surface area contributed by atoms with Crippen LogP contribution in [0.15, 0.2) is 5.16 Å². The van der Waals surface area contributed by atoms with Crippen molar-refractivity contribution in [2.45, 2.75) is 32.3 Å². The Morgan fingerprint density at radius 2 is 2.22 bits per heavy atom. The van der Waals surface area contributed by atoms with Crippen molar-refractivity contribution in [3.05, 3.63) is 0 Å². The van der Waals surface area contributed by atoms with Gasteiger partial charge in [-0.15, -0.1) is 0 Å². The Morgan fingerprint density at radius 3 is 2.67 bits per heavy atom. The number of carbonyl (C=O) groups excluding carboxylic acids is 1. The van der Waals surface area contributed by atoms with Gasteiger partial charge in [-0.25, -0.2) is 0 Å². The minimum Gasteiger partial charge on any atom is -0.409 e. The molecular weight excluding hydrogens is 234 g/mol. The Hall–Kier alpha value is -1.30. The van der Waals surface area contributed by atoms with Gasteiger partial charge in [0.2, 0.25) is 5.91 Å². The molecule has 1 saturated carbocycles. The van der Waals surface area contributed by atoms with Gasteiger partial charge >= 0.3 is 0 Å². The number of nitrogens with zero attached hydrogens (tertiary/aromatic N) is 2. The minimum atomic E-state index is -0.781. The molecule has 1 saturated heterocycles. The molecule has 1 heterocycles. The summed E-state index contributed by atoms with van der Waals surface area (Å²) in [6, 6.07) is 0. The highest BCUT2D eigenvalue weighted by molar-refractivity contribution is 6.07. The van der Waals surface area contributed by atoms with Crippen LogP contribution in [0.3, 0.4) is 0 Å². The van der Waals surface area contributed by atoms with Crippen LogP contribution in [0.2, 0.25) is 0 Å². The zero-order chi connectivity index (χ0) is 13.3. The highest BCUT2D eigenvalue weighted by Crippen LogP contribution is 2.47. The van der Waals surface area contributed by atoms with Crippen molar-refractivity contribution in [3.63, 3.8) is 0 Å². The number of oxime groups is 1. The van der Waals surface area contributed by atoms with E-state index in [2.05, 4.69) is 12.1 Å². The third-order valence-corrected chi connectivity index (χ3v) is 4.17. The summed E-state index contributed by atoms with van der Waals surface area (Å²) in [5.74, 6) is 0.469. The largest absolute Gasteiger partial charge is 0.409 e. The molecule has 18 heavy (non-hydrogen) atoms. The Balaban J connectivity index is 2.11. The average Bonchev–Trinajstić information content (AvgIpc) is 2.81. The third kappa shape index (κ3) is 1.94. The normalized spacial score (nSPS) is 36.6. The van der Waals surface area contributed by atoms with Crippen LogP contribution in [0.1, 0.15) is 26.2 Å². The molecule has 102 valence electrons. The van der Waals surface area contributed by atoms with Crippen LogP contribution in [0, 0.1) is 11.3 Å². The lowest BCUT2D eigenvalue weighted by Crippen LogP contribution is -2.57. The van der Waals surface area contributed by atoms with Crippen LogP contribution in [0.4, 0.5) is 0 Å². The van der Waals surface area contributed by atoms with Crippen molar-refractivity contribution in [2.24, 2.45) is 22.2 Å². The highest BCUT2D eigenvalue weighted by Gasteiger charge is 2.54. The second-order valence-electron chi connectivity index (χ2n) is 5.48. The summed E-state index contributed by atoms with van der Waals surface area (Å²) in [5.41, 5.74) is 4.95. The Bertz CT molecular complexity index is 364. The van der Waals surface area contributed by atoms with E-state index in [4.69, 9.17) is 15.7 Å². The standard InChI is InChI=1S/C12H21N3O3/c1-8-5-12(6-8,10(13)14-17)11(16)15-4-3-9(7-15)18-2/h8-9,17H,3-7H2,1-2H3,(H2,13,14). The van der Waals surface area contributed by atoms with Crippen molar-refractivity contribution in [2.75, 3.05) is 20.2 Å². The Kier molecular flexibility index (Phi) is 3.47. The second-order valence-corrected chi connectivity index (χ2v) is 5.48. The van der Waals surface area contributed by atoms with Gasteiger partial charge in [-0.1, -0.05) is 12.1 Å². The van der Waals surface area contributed by atoms with Crippen LogP contribution in [-0.2, 0) is 9.53 Å². The van der Waals surface area contributed by atoms with Crippen molar-refractivity contribution in [3.8, 4) is 0 Å². The van der Waals surface area contributed by atoms with E-state index in [-0.39, 0.29) is 17.8 Å². The minimum absolute atomic E-state index is 0.0181. The fourth-order valence-corrected chi connectivity index (χ4v) is 3.13. The maximum Gasteiger partial charge on any atom is 0.236 e. The van der Waals surface area contributed by atoms with Crippen LogP contribution in [-0.4, -0.2) is 48.2 Å². The van der Waals surface area contributed by atoms with Crippen LogP contribution in [0.5, 0.6) is 0 Å². The van der Waals surface area contributed by atoms with Gasteiger partial charge in [0, 0.05) is 20.2 Å². The summed E-state index contributed by atoms with van der Waals surface area (Å²) in [6.07, 6.45) is 2.28. The van der Waals surface area contributed by atoms with Crippen molar-refractivity contribution >= 4 is 11.7 Å². The molecule has 3 N–H and O–H groups in total. The Morgan fingerprint density at radius 1 is 1.56 bits per heavy atom. The number of likely N-dealkylation sites (tertiary alicyclic amines) is 1. The molecule has 0 radical (unpaired) electrons. The second kappa shape index (κ2) is 4.76. The first-order chi connectivity index (χ1) is 8.53. The molecule has 0 bridgehead atoms. The summed E-state index contributed by atoms with van der Waals surface area (Å²) < 4.78 is 5.26. The molecule has 2 fully saturated rings. The molecule has 0 spiro atoms. The van der Waals surface area contributed by atoms with Gasteiger partial charge < -0.3 is 20.6 Å². The lowest BCUT2D eigenvalue weighted by Gasteiger charge is -2.45. The van der Waals surface area contributed by atoms with E-state index < -0.39 is 5.41 Å². The van der Waals surface area contributed by atoms with Crippen LogP contribution < -0.4 is 5.73 Å². The number of nitrogens with two attached hydrogens (primary N) is 1. The van der Waals surface area contributed by atoms with Gasteiger partial charge in [-0.3, -0.25) is 4.79 Å². The fourth-order valence-electron chi connectivity index (χ4n) is 3.13. The zero-order valence-electron chi connectivity index (χ0n) is 10.9. The number of ether oxygens (including phenoxy) is 1. The number of hydrogen-bond acceptors (Lipinski definition) is 4. The SMILES string of the molecule is COC1CCN(C(=O)C2(C(N)=NO)CC(C)C2)C1. The van der Waals surface area contributed by atoms with E-state index in [0.29, 0.717) is 31.8 Å². The maximum absolute atomic E-state index is 12.6. The fraction of sp³-hybridized carbons (Fsp3) is 0.833. The number of rotatable bonds is 3. The molecule has 1 unspecified atom stereocenters. The van der Waals surface area contributed by atoms with Gasteiger partial charge in [0.25, 0.3) is 0 Å². The lowest BCUT2D eigenvalue weighted by atomic mass is 9.61. The molecule has 2 rings (SSSR count). The summed E-state index contributed by atoms with van der Waals surface area (Å²) in [5, 5.41) is 11.9. The molecule has 0 aromatic heterocycles. The average molecular weight is 255 g/mol. The van der Waals surface area contributed by atoms with E-state index in [1.54, 1.807) is 12.0 Å². The molecule has 6 nitrogen and oxygen atoms in total. The van der Waals surface area contributed by atoms with Gasteiger partial charge in [-0.2, -0.15) is 0 Å². The maximum atomic E-state index is 12.6. The smallest absolute Gasteiger partial charge is 0.236 e. The number of hydrogen-bond donors (Lipinski definition) is 2. The van der Waals surface area contributed by atoms with Crippen molar-refractivity contribution in [1.29, 1.82) is 0 Å². The molecule has 1 amide bonds. The van der Waals surface area contributed by atoms with E-state index in [1.807, 2.05) is 0 Å². The molecule has 2 aliphatic rings. The van der Waals surface area contributed by atoms with Crippen LogP contribution in [0.25, 0.3) is 0 Å². The number of amidine groups is 1. The number of methoxy groups -OCH3 is 1. The molecule has 6 heteroatoms. The first kappa shape index (κ1) is 13.1.